The zero-order valence-electron chi connectivity index (χ0n) is 15.4. The van der Waals surface area contributed by atoms with Gasteiger partial charge in [-0.1, -0.05) is 48.5 Å². The number of nitrogens with zero attached hydrogens (tertiary/aromatic N) is 1. The van der Waals surface area contributed by atoms with Crippen molar-refractivity contribution in [3.63, 3.8) is 0 Å². The first kappa shape index (κ1) is 18.5. The van der Waals surface area contributed by atoms with E-state index in [1.54, 1.807) is 24.3 Å². The van der Waals surface area contributed by atoms with E-state index in [0.29, 0.717) is 24.5 Å². The maximum Gasteiger partial charge on any atom is 0.262 e. The molecule has 1 saturated heterocycles. The number of anilines is 2. The molecule has 1 aliphatic heterocycles. The molecule has 0 unspecified atom stereocenters. The zero-order chi connectivity index (χ0) is 19.4. The van der Waals surface area contributed by atoms with Crippen LogP contribution in [0.2, 0.25) is 0 Å². The summed E-state index contributed by atoms with van der Waals surface area (Å²) < 4.78 is 34.2. The second-order valence-corrected chi connectivity index (χ2v) is 8.26. The van der Waals surface area contributed by atoms with Crippen LogP contribution >= 0.6 is 0 Å². The number of ether oxygens (including phenoxy) is 1. The fraction of sp³-hybridized carbons (Fsp3) is 0.182. The van der Waals surface area contributed by atoms with E-state index in [1.807, 2.05) is 54.6 Å². The van der Waals surface area contributed by atoms with Crippen molar-refractivity contribution >= 4 is 21.4 Å². The molecule has 0 spiro atoms. The van der Waals surface area contributed by atoms with Gasteiger partial charge >= 0.3 is 0 Å². The maximum absolute atomic E-state index is 13.0. The Hall–Kier alpha value is -2.83. The van der Waals surface area contributed by atoms with E-state index < -0.39 is 10.0 Å². The molecule has 0 aliphatic carbocycles. The third kappa shape index (κ3) is 4.03. The highest BCUT2D eigenvalue weighted by atomic mass is 32.2. The normalized spacial score (nSPS) is 14.6. The summed E-state index contributed by atoms with van der Waals surface area (Å²) in [6, 6.07) is 24.0. The lowest BCUT2D eigenvalue weighted by molar-refractivity contribution is 0.122. The molecule has 3 aromatic carbocycles. The van der Waals surface area contributed by atoms with Crippen LogP contribution in [0, 0.1) is 0 Å². The Morgan fingerprint density at radius 2 is 1.43 bits per heavy atom. The summed E-state index contributed by atoms with van der Waals surface area (Å²) in [7, 11) is -3.71. The number of hydrogen-bond donors (Lipinski definition) is 1. The van der Waals surface area contributed by atoms with E-state index >= 15 is 0 Å². The molecule has 6 heteroatoms. The Morgan fingerprint density at radius 3 is 2.14 bits per heavy atom. The van der Waals surface area contributed by atoms with Crippen LogP contribution in [0.3, 0.4) is 0 Å². The van der Waals surface area contributed by atoms with E-state index in [4.69, 9.17) is 4.74 Å². The van der Waals surface area contributed by atoms with E-state index in [9.17, 15) is 8.42 Å². The molecule has 5 nitrogen and oxygen atoms in total. The minimum Gasteiger partial charge on any atom is -0.378 e. The highest BCUT2D eigenvalue weighted by molar-refractivity contribution is 7.92. The fourth-order valence-electron chi connectivity index (χ4n) is 3.33. The summed E-state index contributed by atoms with van der Waals surface area (Å²) in [6.07, 6.45) is 0. The quantitative estimate of drug-likeness (QED) is 0.711. The first-order valence-corrected chi connectivity index (χ1v) is 10.7. The van der Waals surface area contributed by atoms with E-state index in [0.717, 1.165) is 24.3 Å². The predicted molar refractivity (Wildman–Crippen MR) is 112 cm³/mol. The lowest BCUT2D eigenvalue weighted by Gasteiger charge is -2.28. The van der Waals surface area contributed by atoms with Gasteiger partial charge < -0.3 is 9.64 Å². The van der Waals surface area contributed by atoms with Crippen LogP contribution in [-0.2, 0) is 14.8 Å². The van der Waals surface area contributed by atoms with Gasteiger partial charge in [0.25, 0.3) is 10.0 Å². The number of morpholine rings is 1. The van der Waals surface area contributed by atoms with Crippen LogP contribution in [0.1, 0.15) is 0 Å². The molecule has 28 heavy (non-hydrogen) atoms. The molecule has 0 atom stereocenters. The van der Waals surface area contributed by atoms with E-state index in [1.165, 1.54) is 0 Å². The lowest BCUT2D eigenvalue weighted by atomic mass is 10.1. The van der Waals surface area contributed by atoms with Gasteiger partial charge in [-0.05, 0) is 35.9 Å². The Morgan fingerprint density at radius 1 is 0.786 bits per heavy atom. The highest BCUT2D eigenvalue weighted by Crippen LogP contribution is 2.29. The third-order valence-electron chi connectivity index (χ3n) is 4.76. The van der Waals surface area contributed by atoms with Crippen LogP contribution in [0.15, 0.2) is 83.8 Å². The van der Waals surface area contributed by atoms with E-state index in [2.05, 4.69) is 9.62 Å². The predicted octanol–water partition coefficient (Wildman–Crippen LogP) is 3.99. The van der Waals surface area contributed by atoms with Crippen molar-refractivity contribution in [1.82, 2.24) is 0 Å². The Labute approximate surface area is 165 Å². The molecular weight excluding hydrogens is 372 g/mol. The monoisotopic (exact) mass is 394 g/mol. The molecule has 1 N–H and O–H groups in total. The molecular formula is C22H22N2O3S. The van der Waals surface area contributed by atoms with Gasteiger partial charge in [0, 0.05) is 30.0 Å². The van der Waals surface area contributed by atoms with Gasteiger partial charge in [-0.25, -0.2) is 8.42 Å². The van der Waals surface area contributed by atoms with Gasteiger partial charge in [0.15, 0.2) is 0 Å². The maximum atomic E-state index is 13.0. The molecule has 4 rings (SSSR count). The van der Waals surface area contributed by atoms with Crippen molar-refractivity contribution in [3.05, 3.63) is 78.9 Å². The van der Waals surface area contributed by atoms with Crippen molar-refractivity contribution in [3.8, 4) is 11.1 Å². The summed E-state index contributed by atoms with van der Waals surface area (Å²) in [6.45, 7) is 3.11. The molecule has 0 amide bonds. The van der Waals surface area contributed by atoms with Crippen molar-refractivity contribution in [2.75, 3.05) is 35.9 Å². The first-order valence-electron chi connectivity index (χ1n) is 9.23. The number of hydrogen-bond acceptors (Lipinski definition) is 4. The highest BCUT2D eigenvalue weighted by Gasteiger charge is 2.19. The topological polar surface area (TPSA) is 58.6 Å². The van der Waals surface area contributed by atoms with Crippen LogP contribution in [0.25, 0.3) is 11.1 Å². The standard InChI is InChI=1S/C22H22N2O3S/c25-28(26,22-9-5-4-8-21(22)18-6-2-1-3-7-18)23-19-10-12-20(13-11-19)24-14-16-27-17-15-24/h1-13,23H,14-17H2. The van der Waals surface area contributed by atoms with Crippen molar-refractivity contribution < 1.29 is 13.2 Å². The lowest BCUT2D eigenvalue weighted by Crippen LogP contribution is -2.36. The summed E-state index contributed by atoms with van der Waals surface area (Å²) in [5.74, 6) is 0. The average Bonchev–Trinajstić information content (AvgIpc) is 2.75. The van der Waals surface area contributed by atoms with Crippen LogP contribution in [0.4, 0.5) is 11.4 Å². The van der Waals surface area contributed by atoms with Crippen molar-refractivity contribution in [2.24, 2.45) is 0 Å². The molecule has 1 fully saturated rings. The molecule has 1 aliphatic rings. The summed E-state index contributed by atoms with van der Waals surface area (Å²) >= 11 is 0. The second kappa shape index (κ2) is 8.04. The molecule has 0 bridgehead atoms. The molecule has 0 saturated carbocycles. The minimum atomic E-state index is -3.71. The average molecular weight is 394 g/mol. The van der Waals surface area contributed by atoms with Crippen LogP contribution < -0.4 is 9.62 Å². The Balaban J connectivity index is 1.58. The Bertz CT molecular complexity index is 1030. The Kier molecular flexibility index (Phi) is 5.32. The van der Waals surface area contributed by atoms with Crippen LogP contribution in [0.5, 0.6) is 0 Å². The fourth-order valence-corrected chi connectivity index (χ4v) is 4.62. The van der Waals surface area contributed by atoms with Gasteiger partial charge in [0.2, 0.25) is 0 Å². The third-order valence-corrected chi connectivity index (χ3v) is 6.20. The van der Waals surface area contributed by atoms with Gasteiger partial charge in [-0.3, -0.25) is 4.72 Å². The van der Waals surface area contributed by atoms with Crippen molar-refractivity contribution in [1.29, 1.82) is 0 Å². The van der Waals surface area contributed by atoms with Gasteiger partial charge in [0.05, 0.1) is 18.1 Å². The number of sulfonamides is 1. The summed E-state index contributed by atoms with van der Waals surface area (Å²) in [4.78, 5) is 2.49. The largest absolute Gasteiger partial charge is 0.378 e. The molecule has 144 valence electrons. The summed E-state index contributed by atoms with van der Waals surface area (Å²) in [5, 5.41) is 0. The molecule has 3 aromatic rings. The van der Waals surface area contributed by atoms with Gasteiger partial charge in [-0.15, -0.1) is 0 Å². The van der Waals surface area contributed by atoms with Gasteiger partial charge in [-0.2, -0.15) is 0 Å². The number of rotatable bonds is 5. The second-order valence-electron chi connectivity index (χ2n) is 6.61. The zero-order valence-corrected chi connectivity index (χ0v) is 16.2. The smallest absolute Gasteiger partial charge is 0.262 e. The van der Waals surface area contributed by atoms with E-state index in [-0.39, 0.29) is 4.90 Å². The summed E-state index contributed by atoms with van der Waals surface area (Å²) in [5.41, 5.74) is 3.16. The van der Waals surface area contributed by atoms with Crippen LogP contribution in [-0.4, -0.2) is 34.7 Å². The minimum absolute atomic E-state index is 0.262. The first-order chi connectivity index (χ1) is 13.6. The molecule has 0 radical (unpaired) electrons. The number of nitrogens with one attached hydrogen (secondary N) is 1. The SMILES string of the molecule is O=S(=O)(Nc1ccc(N2CCOCC2)cc1)c1ccccc1-c1ccccc1. The molecule has 0 aromatic heterocycles. The van der Waals surface area contributed by atoms with Crippen molar-refractivity contribution in [2.45, 2.75) is 4.90 Å². The van der Waals surface area contributed by atoms with Gasteiger partial charge in [0.1, 0.15) is 0 Å². The molecule has 1 heterocycles. The number of benzene rings is 3.